The number of rotatable bonds is 4. The molecule has 1 fully saturated rings. The quantitative estimate of drug-likeness (QED) is 0.368. The maximum Gasteiger partial charge on any atom is 0.273 e. The molecule has 258 valence electrons. The Kier molecular flexibility index (Phi) is 10.8. The average Bonchev–Trinajstić information content (AvgIpc) is 3.68. The summed E-state index contributed by atoms with van der Waals surface area (Å²) in [5.41, 5.74) is 1.04. The van der Waals surface area contributed by atoms with Crippen molar-refractivity contribution in [2.45, 2.75) is 85.9 Å². The second kappa shape index (κ2) is 14.8. The van der Waals surface area contributed by atoms with Gasteiger partial charge in [-0.15, -0.1) is 11.3 Å². The number of piperidine rings is 1. The normalized spacial score (nSPS) is 21.4. The molecule has 3 aromatic heterocycles. The summed E-state index contributed by atoms with van der Waals surface area (Å²) >= 11 is 1.27. The van der Waals surface area contributed by atoms with Gasteiger partial charge in [0.2, 0.25) is 17.7 Å². The first kappa shape index (κ1) is 34.9. The van der Waals surface area contributed by atoms with Gasteiger partial charge in [0.1, 0.15) is 22.5 Å². The first-order valence-corrected chi connectivity index (χ1v) is 17.4. The van der Waals surface area contributed by atoms with Gasteiger partial charge in [-0.3, -0.25) is 19.2 Å². The third-order valence-corrected chi connectivity index (χ3v) is 9.51. The van der Waals surface area contributed by atoms with Crippen LogP contribution in [0.15, 0.2) is 16.0 Å². The zero-order valence-electron chi connectivity index (χ0n) is 28.6. The number of nitrogens with one attached hydrogen (secondary N) is 3. The van der Waals surface area contributed by atoms with Crippen molar-refractivity contribution in [3.05, 3.63) is 50.9 Å². The lowest BCUT2D eigenvalue weighted by Gasteiger charge is -2.29. The maximum absolute atomic E-state index is 14.1. The minimum Gasteiger partial charge on any atom is -0.443 e. The summed E-state index contributed by atoms with van der Waals surface area (Å²) in [4.78, 5) is 76.2. The van der Waals surface area contributed by atoms with Crippen molar-refractivity contribution < 1.29 is 23.6 Å². The molecule has 0 radical (unpaired) electrons. The second-order valence-corrected chi connectivity index (χ2v) is 14.2. The van der Waals surface area contributed by atoms with Crippen LogP contribution in [0.3, 0.4) is 0 Å². The largest absolute Gasteiger partial charge is 0.443 e. The van der Waals surface area contributed by atoms with Crippen LogP contribution >= 0.6 is 11.3 Å². The van der Waals surface area contributed by atoms with Crippen molar-refractivity contribution in [3.63, 3.8) is 0 Å². The van der Waals surface area contributed by atoms with Crippen molar-refractivity contribution in [1.29, 1.82) is 0 Å². The molecule has 3 aromatic rings. The molecule has 15 heteroatoms. The minimum absolute atomic E-state index is 0.0213. The van der Waals surface area contributed by atoms with Crippen molar-refractivity contribution in [2.24, 2.45) is 11.8 Å². The van der Waals surface area contributed by atoms with Gasteiger partial charge in [0.15, 0.2) is 5.69 Å². The molecular weight excluding hydrogens is 634 g/mol. The van der Waals surface area contributed by atoms with E-state index in [1.807, 2.05) is 27.7 Å². The second-order valence-electron chi connectivity index (χ2n) is 13.3. The summed E-state index contributed by atoms with van der Waals surface area (Å²) in [6, 6.07) is -1.71. The van der Waals surface area contributed by atoms with Gasteiger partial charge in [-0.1, -0.05) is 27.7 Å². The molecule has 0 spiro atoms. The molecule has 3 atom stereocenters. The third kappa shape index (κ3) is 7.83. The fourth-order valence-corrected chi connectivity index (χ4v) is 6.92. The fourth-order valence-electron chi connectivity index (χ4n) is 5.90. The van der Waals surface area contributed by atoms with Crippen LogP contribution in [0.4, 0.5) is 5.95 Å². The summed E-state index contributed by atoms with van der Waals surface area (Å²) in [5, 5.41) is 11.1. The minimum atomic E-state index is -0.625. The van der Waals surface area contributed by atoms with Gasteiger partial charge in [0, 0.05) is 37.3 Å². The van der Waals surface area contributed by atoms with Gasteiger partial charge < -0.3 is 30.2 Å². The lowest BCUT2D eigenvalue weighted by molar-refractivity contribution is -0.122. The van der Waals surface area contributed by atoms with E-state index in [2.05, 4.69) is 40.8 Å². The maximum atomic E-state index is 14.1. The van der Waals surface area contributed by atoms with Crippen molar-refractivity contribution in [2.75, 3.05) is 31.1 Å². The Bertz CT molecular complexity index is 1660. The number of oxazole rings is 1. The molecule has 0 unspecified atom stereocenters. The first-order chi connectivity index (χ1) is 22.8. The molecule has 4 amide bonds. The third-order valence-electron chi connectivity index (χ3n) is 8.58. The van der Waals surface area contributed by atoms with Crippen molar-refractivity contribution >= 4 is 40.9 Å². The predicted octanol–water partition coefficient (Wildman–Crippen LogP) is 3.74. The van der Waals surface area contributed by atoms with Gasteiger partial charge in [0.25, 0.3) is 17.7 Å². The van der Waals surface area contributed by atoms with Crippen LogP contribution in [0, 0.1) is 25.7 Å². The highest BCUT2D eigenvalue weighted by molar-refractivity contribution is 7.09. The molecule has 2 aliphatic rings. The Labute approximate surface area is 284 Å². The molecular formula is C33H45N9O5S. The molecule has 4 bridgehead atoms. The number of carbonyl (C=O) groups excluding carboxylic acids is 4. The van der Waals surface area contributed by atoms with Crippen molar-refractivity contribution in [1.82, 2.24) is 40.8 Å². The van der Waals surface area contributed by atoms with E-state index in [0.717, 1.165) is 25.9 Å². The lowest BCUT2D eigenvalue weighted by Crippen LogP contribution is -2.49. The summed E-state index contributed by atoms with van der Waals surface area (Å²) in [6.45, 7) is 14.3. The summed E-state index contributed by atoms with van der Waals surface area (Å²) < 4.78 is 5.90. The Hall–Kier alpha value is -4.40. The van der Waals surface area contributed by atoms with Gasteiger partial charge in [0.05, 0.1) is 23.8 Å². The molecule has 1 saturated heterocycles. The molecule has 0 saturated carbocycles. The summed E-state index contributed by atoms with van der Waals surface area (Å²) in [5.74, 6) is -0.887. The number of aryl methyl sites for hydroxylation is 2. The average molecular weight is 680 g/mol. The highest BCUT2D eigenvalue weighted by Crippen LogP contribution is 2.28. The monoisotopic (exact) mass is 679 g/mol. The Balaban J connectivity index is 1.49. The Morgan fingerprint density at radius 3 is 2.31 bits per heavy atom. The number of anilines is 1. The lowest BCUT2D eigenvalue weighted by atomic mass is 10.0. The topological polar surface area (TPSA) is 176 Å². The van der Waals surface area contributed by atoms with E-state index >= 15 is 0 Å². The van der Waals surface area contributed by atoms with E-state index in [9.17, 15) is 19.2 Å². The van der Waals surface area contributed by atoms with Crippen LogP contribution in [-0.4, -0.2) is 80.7 Å². The molecule has 0 aliphatic carbocycles. The standard InChI is InChI=1S/C33H45N9O5S/c1-17(2)25-30-40-27(21(7)47-30)29(45)35-19(5)14-42(32(46)22-13-34-33(36-20(22)6)41-11-9-8-10-12-41)15-24(43)38-26(18(3)4)31-37-23(16-48-31)28(44)39-25/h13,16-19,25-26H,8-12,14-15H2,1-7H3,(H,35,45)(H,38,43)(H,39,44)/t19-,25-,26+/m1/s1. The number of nitrogens with zero attached hydrogens (tertiary/aromatic N) is 6. The summed E-state index contributed by atoms with van der Waals surface area (Å²) in [6.07, 6.45) is 4.82. The van der Waals surface area contributed by atoms with Crippen LogP contribution in [0.25, 0.3) is 0 Å². The van der Waals surface area contributed by atoms with E-state index < -0.39 is 41.8 Å². The Morgan fingerprint density at radius 2 is 1.65 bits per heavy atom. The van der Waals surface area contributed by atoms with E-state index in [-0.39, 0.29) is 53.5 Å². The number of fused-ring (bicyclic) bond motifs is 4. The van der Waals surface area contributed by atoms with Crippen LogP contribution in [0.5, 0.6) is 0 Å². The zero-order valence-corrected chi connectivity index (χ0v) is 29.4. The number of thiazole rings is 1. The molecule has 3 N–H and O–H groups in total. The molecule has 14 nitrogen and oxygen atoms in total. The SMILES string of the molecule is Cc1nc(N2CCCCC2)ncc1C(=O)N1CC(=O)N[C@@H](C(C)C)c2nc(cs2)C(=O)N[C@H](C(C)C)c2nc(c(C)o2)C(=O)N[C@H](C)C1. The van der Waals surface area contributed by atoms with E-state index in [1.54, 1.807) is 26.2 Å². The highest BCUT2D eigenvalue weighted by Gasteiger charge is 2.32. The molecule has 2 aliphatic heterocycles. The number of carbonyl (C=O) groups is 4. The highest BCUT2D eigenvalue weighted by atomic mass is 32.1. The molecule has 48 heavy (non-hydrogen) atoms. The number of amides is 4. The van der Waals surface area contributed by atoms with Gasteiger partial charge in [-0.05, 0) is 51.9 Å². The van der Waals surface area contributed by atoms with Gasteiger partial charge >= 0.3 is 0 Å². The first-order valence-electron chi connectivity index (χ1n) is 16.5. The predicted molar refractivity (Wildman–Crippen MR) is 180 cm³/mol. The van der Waals surface area contributed by atoms with Crippen LogP contribution < -0.4 is 20.9 Å². The fraction of sp³-hybridized carbons (Fsp3) is 0.576. The summed E-state index contributed by atoms with van der Waals surface area (Å²) in [7, 11) is 0. The molecule has 5 rings (SSSR count). The molecule has 0 aromatic carbocycles. The zero-order chi connectivity index (χ0) is 34.7. The van der Waals surface area contributed by atoms with E-state index in [4.69, 9.17) is 4.42 Å². The van der Waals surface area contributed by atoms with Crippen LogP contribution in [0.2, 0.25) is 0 Å². The number of hydrogen-bond donors (Lipinski definition) is 3. The number of aromatic nitrogens is 4. The van der Waals surface area contributed by atoms with E-state index in [0.29, 0.717) is 16.6 Å². The van der Waals surface area contributed by atoms with Crippen LogP contribution in [-0.2, 0) is 4.79 Å². The number of hydrogen-bond acceptors (Lipinski definition) is 11. The van der Waals surface area contributed by atoms with Gasteiger partial charge in [-0.25, -0.2) is 19.9 Å². The smallest absolute Gasteiger partial charge is 0.273 e. The molecule has 5 heterocycles. The van der Waals surface area contributed by atoms with E-state index in [1.165, 1.54) is 28.9 Å². The van der Waals surface area contributed by atoms with Crippen molar-refractivity contribution in [3.8, 4) is 0 Å². The Morgan fingerprint density at radius 1 is 0.938 bits per heavy atom. The van der Waals surface area contributed by atoms with Gasteiger partial charge in [-0.2, -0.15) is 0 Å². The van der Waals surface area contributed by atoms with Crippen LogP contribution in [0.1, 0.15) is 120 Å².